The number of thioether (sulfide) groups is 1. The van der Waals surface area contributed by atoms with E-state index in [9.17, 15) is 4.79 Å². The summed E-state index contributed by atoms with van der Waals surface area (Å²) < 4.78 is 0.835. The van der Waals surface area contributed by atoms with Crippen molar-refractivity contribution in [1.29, 1.82) is 0 Å². The SMILES string of the molecule is CN(C)c1nnc(SCCC(N)C(=O)O)s1. The molecule has 1 atom stereocenters. The highest BCUT2D eigenvalue weighted by Crippen LogP contribution is 2.27. The van der Waals surface area contributed by atoms with Gasteiger partial charge in [-0.05, 0) is 6.42 Å². The van der Waals surface area contributed by atoms with Gasteiger partial charge in [-0.3, -0.25) is 4.79 Å². The Balaban J connectivity index is 2.34. The van der Waals surface area contributed by atoms with Gasteiger partial charge >= 0.3 is 5.97 Å². The zero-order valence-electron chi connectivity index (χ0n) is 9.08. The molecule has 1 aromatic heterocycles. The zero-order valence-corrected chi connectivity index (χ0v) is 10.7. The lowest BCUT2D eigenvalue weighted by Crippen LogP contribution is -2.30. The van der Waals surface area contributed by atoms with E-state index in [-0.39, 0.29) is 0 Å². The fourth-order valence-electron chi connectivity index (χ4n) is 0.838. The molecule has 0 saturated heterocycles. The largest absolute Gasteiger partial charge is 0.480 e. The summed E-state index contributed by atoms with van der Waals surface area (Å²) in [6.07, 6.45) is 0.427. The standard InChI is InChI=1S/C8H14N4O2S2/c1-12(2)7-10-11-8(16-7)15-4-3-5(9)6(13)14/h5H,3-4,9H2,1-2H3,(H,13,14). The van der Waals surface area contributed by atoms with Crippen LogP contribution in [0.3, 0.4) is 0 Å². The Labute approximate surface area is 102 Å². The molecule has 0 amide bonds. The van der Waals surface area contributed by atoms with Gasteiger partial charge < -0.3 is 15.7 Å². The molecule has 16 heavy (non-hydrogen) atoms. The highest BCUT2D eigenvalue weighted by Gasteiger charge is 2.12. The second-order valence-corrected chi connectivity index (χ2v) is 5.62. The highest BCUT2D eigenvalue weighted by atomic mass is 32.2. The Kier molecular flexibility index (Phi) is 4.97. The number of rotatable bonds is 6. The summed E-state index contributed by atoms with van der Waals surface area (Å²) >= 11 is 2.96. The predicted octanol–water partition coefficient (Wildman–Crippen LogP) is 0.498. The maximum Gasteiger partial charge on any atom is 0.320 e. The monoisotopic (exact) mass is 262 g/mol. The van der Waals surface area contributed by atoms with Gasteiger partial charge in [0.05, 0.1) is 0 Å². The molecule has 0 aliphatic carbocycles. The number of anilines is 1. The van der Waals surface area contributed by atoms with E-state index in [1.807, 2.05) is 19.0 Å². The van der Waals surface area contributed by atoms with Crippen LogP contribution < -0.4 is 10.6 Å². The predicted molar refractivity (Wildman–Crippen MR) is 65.2 cm³/mol. The quantitative estimate of drug-likeness (QED) is 0.721. The molecule has 3 N–H and O–H groups in total. The third-order valence-electron chi connectivity index (χ3n) is 1.75. The number of carbonyl (C=O) groups is 1. The summed E-state index contributed by atoms with van der Waals surface area (Å²) in [5.41, 5.74) is 5.38. The van der Waals surface area contributed by atoms with Gasteiger partial charge in [-0.15, -0.1) is 10.2 Å². The van der Waals surface area contributed by atoms with Gasteiger partial charge in [-0.2, -0.15) is 0 Å². The van der Waals surface area contributed by atoms with Crippen molar-refractivity contribution < 1.29 is 9.90 Å². The van der Waals surface area contributed by atoms with E-state index in [1.54, 1.807) is 0 Å². The van der Waals surface area contributed by atoms with Crippen LogP contribution in [-0.4, -0.2) is 47.2 Å². The smallest absolute Gasteiger partial charge is 0.320 e. The lowest BCUT2D eigenvalue weighted by molar-refractivity contribution is -0.138. The van der Waals surface area contributed by atoms with E-state index < -0.39 is 12.0 Å². The lowest BCUT2D eigenvalue weighted by Gasteiger charge is -2.04. The average molecular weight is 262 g/mol. The molecule has 0 saturated carbocycles. The van der Waals surface area contributed by atoms with Crippen molar-refractivity contribution in [3.8, 4) is 0 Å². The Hall–Kier alpha value is -0.860. The summed E-state index contributed by atoms with van der Waals surface area (Å²) in [5, 5.41) is 17.4. The first-order valence-corrected chi connectivity index (χ1v) is 6.43. The summed E-state index contributed by atoms with van der Waals surface area (Å²) in [5.74, 6) is -0.331. The van der Waals surface area contributed by atoms with E-state index >= 15 is 0 Å². The van der Waals surface area contributed by atoms with E-state index in [0.717, 1.165) is 9.47 Å². The number of carboxylic acid groups (broad SMARTS) is 1. The molecule has 0 spiro atoms. The van der Waals surface area contributed by atoms with Gasteiger partial charge in [-0.25, -0.2) is 0 Å². The number of nitrogens with zero attached hydrogens (tertiary/aromatic N) is 3. The number of carboxylic acids is 1. The minimum absolute atomic E-state index is 0.427. The van der Waals surface area contributed by atoms with Gasteiger partial charge in [0.25, 0.3) is 0 Å². The van der Waals surface area contributed by atoms with Gasteiger partial charge in [0, 0.05) is 19.8 Å². The van der Waals surface area contributed by atoms with Crippen LogP contribution in [0.2, 0.25) is 0 Å². The molecule has 0 radical (unpaired) electrons. The second kappa shape index (κ2) is 6.02. The molecule has 1 rings (SSSR count). The number of hydrogen-bond donors (Lipinski definition) is 2. The van der Waals surface area contributed by atoms with Gasteiger partial charge in [0.15, 0.2) is 4.34 Å². The minimum Gasteiger partial charge on any atom is -0.480 e. The zero-order chi connectivity index (χ0) is 12.1. The number of aliphatic carboxylic acids is 1. The topological polar surface area (TPSA) is 92.3 Å². The molecule has 8 heteroatoms. The van der Waals surface area contributed by atoms with Gasteiger partial charge in [0.1, 0.15) is 6.04 Å². The van der Waals surface area contributed by atoms with Gasteiger partial charge in [0.2, 0.25) is 5.13 Å². The Morgan fingerprint density at radius 3 is 2.81 bits per heavy atom. The Bertz CT molecular complexity index is 356. The summed E-state index contributed by atoms with van der Waals surface area (Å²) in [7, 11) is 3.80. The van der Waals surface area contributed by atoms with E-state index in [4.69, 9.17) is 10.8 Å². The molecule has 90 valence electrons. The fourth-order valence-corrected chi connectivity index (χ4v) is 2.69. The normalized spacial score (nSPS) is 12.4. The molecule has 1 aromatic rings. The van der Waals surface area contributed by atoms with E-state index in [0.29, 0.717) is 12.2 Å². The second-order valence-electron chi connectivity index (χ2n) is 3.33. The van der Waals surface area contributed by atoms with Gasteiger partial charge in [-0.1, -0.05) is 23.1 Å². The van der Waals surface area contributed by atoms with Crippen molar-refractivity contribution in [3.05, 3.63) is 0 Å². The molecular weight excluding hydrogens is 248 g/mol. The van der Waals surface area contributed by atoms with Crippen LogP contribution in [0.15, 0.2) is 4.34 Å². The first-order valence-electron chi connectivity index (χ1n) is 4.62. The maximum absolute atomic E-state index is 10.5. The van der Waals surface area contributed by atoms with Crippen LogP contribution in [0, 0.1) is 0 Å². The van der Waals surface area contributed by atoms with Crippen LogP contribution in [0.5, 0.6) is 0 Å². The number of nitrogens with two attached hydrogens (primary N) is 1. The van der Waals surface area contributed by atoms with Crippen LogP contribution >= 0.6 is 23.1 Å². The van der Waals surface area contributed by atoms with E-state index in [1.165, 1.54) is 23.1 Å². The van der Waals surface area contributed by atoms with Crippen molar-refractivity contribution >= 4 is 34.2 Å². The molecule has 0 bridgehead atoms. The molecular formula is C8H14N4O2S2. The third kappa shape index (κ3) is 3.95. The molecule has 1 heterocycles. The Morgan fingerprint density at radius 2 is 2.31 bits per heavy atom. The Morgan fingerprint density at radius 1 is 1.62 bits per heavy atom. The molecule has 6 nitrogen and oxygen atoms in total. The maximum atomic E-state index is 10.5. The molecule has 0 aliphatic rings. The van der Waals surface area contributed by atoms with Crippen molar-refractivity contribution in [2.24, 2.45) is 5.73 Å². The van der Waals surface area contributed by atoms with Crippen LogP contribution in [0.4, 0.5) is 5.13 Å². The van der Waals surface area contributed by atoms with E-state index in [2.05, 4.69) is 10.2 Å². The third-order valence-corrected chi connectivity index (χ3v) is 4.01. The lowest BCUT2D eigenvalue weighted by atomic mass is 10.2. The summed E-state index contributed by atoms with van der Waals surface area (Å²) in [4.78, 5) is 12.3. The molecule has 0 aliphatic heterocycles. The molecule has 0 fully saturated rings. The summed E-state index contributed by atoms with van der Waals surface area (Å²) in [6.45, 7) is 0. The first-order chi connectivity index (χ1) is 7.50. The molecule has 0 aromatic carbocycles. The van der Waals surface area contributed by atoms with Crippen molar-refractivity contribution in [3.63, 3.8) is 0 Å². The summed E-state index contributed by atoms with van der Waals surface area (Å²) in [6, 6.07) is -0.797. The highest BCUT2D eigenvalue weighted by molar-refractivity contribution is 8.01. The average Bonchev–Trinajstić information content (AvgIpc) is 2.66. The fraction of sp³-hybridized carbons (Fsp3) is 0.625. The minimum atomic E-state index is -0.966. The van der Waals surface area contributed by atoms with Crippen molar-refractivity contribution in [2.75, 3.05) is 24.7 Å². The van der Waals surface area contributed by atoms with Crippen LogP contribution in [0.25, 0.3) is 0 Å². The number of hydrogen-bond acceptors (Lipinski definition) is 7. The number of aromatic nitrogens is 2. The van der Waals surface area contributed by atoms with Crippen molar-refractivity contribution in [2.45, 2.75) is 16.8 Å². The first kappa shape index (κ1) is 13.2. The van der Waals surface area contributed by atoms with Crippen LogP contribution in [0.1, 0.15) is 6.42 Å². The van der Waals surface area contributed by atoms with Crippen LogP contribution in [-0.2, 0) is 4.79 Å². The molecule has 1 unspecified atom stereocenters. The van der Waals surface area contributed by atoms with Crippen molar-refractivity contribution in [1.82, 2.24) is 10.2 Å².